The van der Waals surface area contributed by atoms with Crippen LogP contribution in [0.4, 0.5) is 0 Å². The van der Waals surface area contributed by atoms with E-state index in [1.54, 1.807) is 18.2 Å². The van der Waals surface area contributed by atoms with E-state index in [-0.39, 0.29) is 11.7 Å². The van der Waals surface area contributed by atoms with Gasteiger partial charge in [-0.25, -0.2) is 4.79 Å². The predicted molar refractivity (Wildman–Crippen MR) is 72.1 cm³/mol. The molecule has 1 aliphatic carbocycles. The molecule has 0 spiro atoms. The fourth-order valence-electron chi connectivity index (χ4n) is 2.27. The van der Waals surface area contributed by atoms with Crippen LogP contribution in [0.15, 0.2) is 18.2 Å². The molecule has 1 saturated carbocycles. The summed E-state index contributed by atoms with van der Waals surface area (Å²) < 4.78 is 11.3. The first kappa shape index (κ1) is 13.7. The third-order valence-electron chi connectivity index (χ3n) is 3.25. The van der Waals surface area contributed by atoms with Gasteiger partial charge in [0, 0.05) is 6.07 Å². The quantitative estimate of drug-likeness (QED) is 0.854. The number of carboxylic acids is 1. The van der Waals surface area contributed by atoms with Crippen LogP contribution in [0.25, 0.3) is 0 Å². The Kier molecular flexibility index (Phi) is 4.66. The third kappa shape index (κ3) is 3.63. The number of carboxylic acid groups (broad SMARTS) is 1. The first-order valence-electron chi connectivity index (χ1n) is 6.87. The maximum Gasteiger partial charge on any atom is 0.339 e. The molecule has 0 aliphatic heterocycles. The molecule has 2 rings (SSSR count). The smallest absolute Gasteiger partial charge is 0.339 e. The lowest BCUT2D eigenvalue weighted by molar-refractivity contribution is 0.0689. The minimum atomic E-state index is -0.963. The van der Waals surface area contributed by atoms with Gasteiger partial charge in [-0.2, -0.15) is 0 Å². The van der Waals surface area contributed by atoms with Crippen LogP contribution < -0.4 is 9.47 Å². The molecule has 1 aliphatic rings. The summed E-state index contributed by atoms with van der Waals surface area (Å²) in [6.45, 7) is 2.65. The number of rotatable bonds is 6. The molecule has 0 radical (unpaired) electrons. The maximum absolute atomic E-state index is 11.2. The van der Waals surface area contributed by atoms with Crippen LogP contribution in [-0.4, -0.2) is 23.8 Å². The summed E-state index contributed by atoms with van der Waals surface area (Å²) in [5, 5.41) is 9.19. The zero-order valence-corrected chi connectivity index (χ0v) is 11.2. The normalized spacial score (nSPS) is 15.4. The topological polar surface area (TPSA) is 55.8 Å². The van der Waals surface area contributed by atoms with Crippen molar-refractivity contribution < 1.29 is 19.4 Å². The molecule has 1 aromatic rings. The second-order valence-corrected chi connectivity index (χ2v) is 4.84. The molecule has 1 fully saturated rings. The van der Waals surface area contributed by atoms with Crippen molar-refractivity contribution in [1.29, 1.82) is 0 Å². The van der Waals surface area contributed by atoms with Gasteiger partial charge in [0.2, 0.25) is 0 Å². The SMILES string of the molecule is CCCOc1ccc(C(=O)O)c(OC2CCCC2)c1. The van der Waals surface area contributed by atoms with E-state index in [4.69, 9.17) is 9.47 Å². The number of aromatic carboxylic acids is 1. The van der Waals surface area contributed by atoms with Gasteiger partial charge in [0.25, 0.3) is 0 Å². The fraction of sp³-hybridized carbons (Fsp3) is 0.533. The van der Waals surface area contributed by atoms with Crippen LogP contribution in [0.3, 0.4) is 0 Å². The van der Waals surface area contributed by atoms with Gasteiger partial charge in [0.05, 0.1) is 12.7 Å². The second kappa shape index (κ2) is 6.45. The van der Waals surface area contributed by atoms with Crippen molar-refractivity contribution in [2.45, 2.75) is 45.1 Å². The van der Waals surface area contributed by atoms with Crippen LogP contribution in [0, 0.1) is 0 Å². The van der Waals surface area contributed by atoms with Crippen LogP contribution in [0.2, 0.25) is 0 Å². The van der Waals surface area contributed by atoms with Crippen molar-refractivity contribution in [2.24, 2.45) is 0 Å². The molecular weight excluding hydrogens is 244 g/mol. The molecule has 1 N–H and O–H groups in total. The maximum atomic E-state index is 11.2. The van der Waals surface area contributed by atoms with E-state index >= 15 is 0 Å². The molecule has 0 unspecified atom stereocenters. The minimum Gasteiger partial charge on any atom is -0.493 e. The summed E-state index contributed by atoms with van der Waals surface area (Å²) in [5.74, 6) is 0.128. The van der Waals surface area contributed by atoms with E-state index in [1.165, 1.54) is 0 Å². The highest BCUT2D eigenvalue weighted by Crippen LogP contribution is 2.30. The van der Waals surface area contributed by atoms with Gasteiger partial charge in [-0.15, -0.1) is 0 Å². The van der Waals surface area contributed by atoms with Gasteiger partial charge in [-0.1, -0.05) is 6.92 Å². The number of ether oxygens (including phenoxy) is 2. The monoisotopic (exact) mass is 264 g/mol. The number of hydrogen-bond acceptors (Lipinski definition) is 3. The molecule has 0 heterocycles. The predicted octanol–water partition coefficient (Wildman–Crippen LogP) is 3.50. The van der Waals surface area contributed by atoms with Crippen LogP contribution in [0.5, 0.6) is 11.5 Å². The first-order chi connectivity index (χ1) is 9.20. The van der Waals surface area contributed by atoms with Gasteiger partial charge >= 0.3 is 5.97 Å². The van der Waals surface area contributed by atoms with Crippen LogP contribution in [-0.2, 0) is 0 Å². The van der Waals surface area contributed by atoms with Gasteiger partial charge in [0.1, 0.15) is 17.1 Å². The van der Waals surface area contributed by atoms with Crippen molar-refractivity contribution in [1.82, 2.24) is 0 Å². The van der Waals surface area contributed by atoms with Crippen molar-refractivity contribution in [3.63, 3.8) is 0 Å². The summed E-state index contributed by atoms with van der Waals surface area (Å²) in [7, 11) is 0. The Morgan fingerprint density at radius 1 is 1.37 bits per heavy atom. The van der Waals surface area contributed by atoms with Gasteiger partial charge in [0.15, 0.2) is 0 Å². The van der Waals surface area contributed by atoms with Gasteiger partial charge < -0.3 is 14.6 Å². The molecule has 0 aromatic heterocycles. The Bertz CT molecular complexity index is 436. The Morgan fingerprint density at radius 3 is 2.74 bits per heavy atom. The van der Waals surface area contributed by atoms with E-state index in [9.17, 15) is 9.90 Å². The summed E-state index contributed by atoms with van der Waals surface area (Å²) >= 11 is 0. The largest absolute Gasteiger partial charge is 0.493 e. The molecule has 0 atom stereocenters. The highest BCUT2D eigenvalue weighted by atomic mass is 16.5. The first-order valence-corrected chi connectivity index (χ1v) is 6.87. The van der Waals surface area contributed by atoms with Crippen molar-refractivity contribution >= 4 is 5.97 Å². The van der Waals surface area contributed by atoms with Crippen LogP contribution in [0.1, 0.15) is 49.4 Å². The van der Waals surface area contributed by atoms with E-state index in [1.807, 2.05) is 6.92 Å². The Balaban J connectivity index is 2.17. The Morgan fingerprint density at radius 2 is 2.11 bits per heavy atom. The molecule has 104 valence electrons. The fourth-order valence-corrected chi connectivity index (χ4v) is 2.27. The molecule has 4 nitrogen and oxygen atoms in total. The molecular formula is C15H20O4. The van der Waals surface area contributed by atoms with E-state index in [0.29, 0.717) is 18.1 Å². The average molecular weight is 264 g/mol. The Labute approximate surface area is 113 Å². The number of carbonyl (C=O) groups is 1. The van der Waals surface area contributed by atoms with Crippen molar-refractivity contribution in [3.8, 4) is 11.5 Å². The molecule has 0 amide bonds. The summed E-state index contributed by atoms with van der Waals surface area (Å²) in [4.78, 5) is 11.2. The van der Waals surface area contributed by atoms with Crippen molar-refractivity contribution in [3.05, 3.63) is 23.8 Å². The second-order valence-electron chi connectivity index (χ2n) is 4.84. The highest BCUT2D eigenvalue weighted by Gasteiger charge is 2.20. The van der Waals surface area contributed by atoms with E-state index in [0.717, 1.165) is 32.1 Å². The zero-order chi connectivity index (χ0) is 13.7. The van der Waals surface area contributed by atoms with E-state index < -0.39 is 5.97 Å². The lowest BCUT2D eigenvalue weighted by Gasteiger charge is -2.16. The molecule has 19 heavy (non-hydrogen) atoms. The zero-order valence-electron chi connectivity index (χ0n) is 11.2. The van der Waals surface area contributed by atoms with Crippen molar-refractivity contribution in [2.75, 3.05) is 6.61 Å². The third-order valence-corrected chi connectivity index (χ3v) is 3.25. The summed E-state index contributed by atoms with van der Waals surface area (Å²) in [6, 6.07) is 4.93. The summed E-state index contributed by atoms with van der Waals surface area (Å²) in [5.41, 5.74) is 0.204. The van der Waals surface area contributed by atoms with E-state index in [2.05, 4.69) is 0 Å². The molecule has 0 bridgehead atoms. The number of benzene rings is 1. The minimum absolute atomic E-state index is 0.138. The lowest BCUT2D eigenvalue weighted by atomic mass is 10.2. The van der Waals surface area contributed by atoms with Gasteiger partial charge in [-0.3, -0.25) is 0 Å². The molecule has 4 heteroatoms. The van der Waals surface area contributed by atoms with Gasteiger partial charge in [-0.05, 0) is 44.2 Å². The Hall–Kier alpha value is -1.71. The molecule has 1 aromatic carbocycles. The average Bonchev–Trinajstić information content (AvgIpc) is 2.89. The lowest BCUT2D eigenvalue weighted by Crippen LogP contribution is -2.13. The number of hydrogen-bond donors (Lipinski definition) is 1. The standard InChI is InChI=1S/C15H20O4/c1-2-9-18-12-7-8-13(15(16)17)14(10-12)19-11-5-3-4-6-11/h7-8,10-11H,2-6,9H2,1H3,(H,16,17). The van der Waals surface area contributed by atoms with Crippen LogP contribution >= 0.6 is 0 Å². The highest BCUT2D eigenvalue weighted by molar-refractivity contribution is 5.91. The molecule has 0 saturated heterocycles. The summed E-state index contributed by atoms with van der Waals surface area (Å²) in [6.07, 6.45) is 5.36.